The Hall–Kier alpha value is -1.28. The third-order valence-corrected chi connectivity index (χ3v) is 3.77. The molecule has 17 heavy (non-hydrogen) atoms. The van der Waals surface area contributed by atoms with Gasteiger partial charge in [-0.15, -0.1) is 0 Å². The summed E-state index contributed by atoms with van der Waals surface area (Å²) in [4.78, 5) is 0. The first-order valence-corrected chi connectivity index (χ1v) is 6.33. The quantitative estimate of drug-likeness (QED) is 0.862. The molecule has 1 heterocycles. The second kappa shape index (κ2) is 4.53. The predicted molar refractivity (Wildman–Crippen MR) is 74.6 cm³/mol. The van der Waals surface area contributed by atoms with Crippen molar-refractivity contribution in [1.82, 2.24) is 4.57 Å². The van der Waals surface area contributed by atoms with E-state index in [1.54, 1.807) is 0 Å². The fourth-order valence-electron chi connectivity index (χ4n) is 2.70. The normalized spacial score (nSPS) is 11.4. The molecule has 0 unspecified atom stereocenters. The molecule has 0 spiro atoms. The van der Waals surface area contributed by atoms with Gasteiger partial charge in [0.2, 0.25) is 0 Å². The smallest absolute Gasteiger partial charge is 0.0517 e. The first-order valence-electron chi connectivity index (χ1n) is 6.33. The van der Waals surface area contributed by atoms with Gasteiger partial charge in [0.15, 0.2) is 0 Å². The summed E-state index contributed by atoms with van der Waals surface area (Å²) in [6.45, 7) is 10.6. The average molecular weight is 230 g/mol. The summed E-state index contributed by atoms with van der Waals surface area (Å²) in [5.41, 5.74) is 12.6. The highest BCUT2D eigenvalue weighted by Gasteiger charge is 2.13. The van der Waals surface area contributed by atoms with E-state index in [2.05, 4.69) is 44.4 Å². The van der Waals surface area contributed by atoms with E-state index in [4.69, 9.17) is 5.73 Å². The van der Waals surface area contributed by atoms with Gasteiger partial charge < -0.3 is 10.3 Å². The Morgan fingerprint density at radius 2 is 1.71 bits per heavy atom. The first kappa shape index (κ1) is 12.2. The molecule has 0 amide bonds. The van der Waals surface area contributed by atoms with Gasteiger partial charge in [0.1, 0.15) is 0 Å². The van der Waals surface area contributed by atoms with Crippen molar-refractivity contribution in [2.24, 2.45) is 5.73 Å². The predicted octanol–water partition coefficient (Wildman–Crippen LogP) is 3.22. The third-order valence-electron chi connectivity index (χ3n) is 3.77. The number of nitrogens with two attached hydrogens (primary N) is 1. The lowest BCUT2D eigenvalue weighted by molar-refractivity contribution is 0.654. The van der Waals surface area contributed by atoms with Crippen LogP contribution < -0.4 is 5.73 Å². The number of hydrogen-bond acceptors (Lipinski definition) is 1. The molecule has 0 aliphatic carbocycles. The zero-order valence-electron chi connectivity index (χ0n) is 11.3. The van der Waals surface area contributed by atoms with Crippen molar-refractivity contribution in [1.29, 1.82) is 0 Å². The SMILES string of the molecule is Cc1ccc(C)c2c1c(C)c(C)n2CCCN. The molecule has 2 heteroatoms. The fourth-order valence-corrected chi connectivity index (χ4v) is 2.70. The van der Waals surface area contributed by atoms with E-state index in [-0.39, 0.29) is 0 Å². The number of benzene rings is 1. The Labute approximate surface area is 103 Å². The van der Waals surface area contributed by atoms with Crippen LogP contribution in [0.5, 0.6) is 0 Å². The van der Waals surface area contributed by atoms with Gasteiger partial charge in [-0.25, -0.2) is 0 Å². The van der Waals surface area contributed by atoms with Gasteiger partial charge in [-0.2, -0.15) is 0 Å². The summed E-state index contributed by atoms with van der Waals surface area (Å²) in [7, 11) is 0. The topological polar surface area (TPSA) is 30.9 Å². The van der Waals surface area contributed by atoms with Crippen molar-refractivity contribution in [2.75, 3.05) is 6.54 Å². The van der Waals surface area contributed by atoms with E-state index in [9.17, 15) is 0 Å². The largest absolute Gasteiger partial charge is 0.344 e. The number of aromatic nitrogens is 1. The molecule has 2 aromatic rings. The molecule has 2 N–H and O–H groups in total. The van der Waals surface area contributed by atoms with Crippen LogP contribution in [0.15, 0.2) is 12.1 Å². The molecule has 0 bridgehead atoms. The standard InChI is InChI=1S/C15H22N2/c1-10-6-7-11(2)15-14(10)12(3)13(4)17(15)9-5-8-16/h6-7H,5,8-9,16H2,1-4H3. The lowest BCUT2D eigenvalue weighted by atomic mass is 10.0. The molecular formula is C15H22N2. The molecule has 0 saturated heterocycles. The van der Waals surface area contributed by atoms with Crippen molar-refractivity contribution in [3.8, 4) is 0 Å². The third kappa shape index (κ3) is 1.87. The summed E-state index contributed by atoms with van der Waals surface area (Å²) >= 11 is 0. The van der Waals surface area contributed by atoms with Crippen LogP contribution >= 0.6 is 0 Å². The number of hydrogen-bond donors (Lipinski definition) is 1. The van der Waals surface area contributed by atoms with Gasteiger partial charge in [0.25, 0.3) is 0 Å². The molecule has 0 saturated carbocycles. The highest BCUT2D eigenvalue weighted by Crippen LogP contribution is 2.30. The minimum absolute atomic E-state index is 0.753. The van der Waals surface area contributed by atoms with Crippen LogP contribution in [0.25, 0.3) is 10.9 Å². The average Bonchev–Trinajstić information content (AvgIpc) is 2.56. The molecule has 0 aliphatic rings. The zero-order valence-corrected chi connectivity index (χ0v) is 11.3. The van der Waals surface area contributed by atoms with Crippen LogP contribution in [0.3, 0.4) is 0 Å². The van der Waals surface area contributed by atoms with E-state index in [1.165, 1.54) is 33.3 Å². The molecular weight excluding hydrogens is 208 g/mol. The molecule has 1 aromatic carbocycles. The second-order valence-corrected chi connectivity index (χ2v) is 4.93. The molecule has 0 aliphatic heterocycles. The van der Waals surface area contributed by atoms with E-state index in [1.807, 2.05) is 0 Å². The van der Waals surface area contributed by atoms with Gasteiger partial charge in [-0.05, 0) is 57.4 Å². The van der Waals surface area contributed by atoms with Crippen LogP contribution in [0.4, 0.5) is 0 Å². The highest BCUT2D eigenvalue weighted by molar-refractivity contribution is 5.90. The van der Waals surface area contributed by atoms with E-state index in [0.717, 1.165) is 19.5 Å². The second-order valence-electron chi connectivity index (χ2n) is 4.93. The Morgan fingerprint density at radius 1 is 1.06 bits per heavy atom. The number of nitrogens with zero attached hydrogens (tertiary/aromatic N) is 1. The lowest BCUT2D eigenvalue weighted by Crippen LogP contribution is -2.07. The van der Waals surface area contributed by atoms with Crippen molar-refractivity contribution in [3.63, 3.8) is 0 Å². The Kier molecular flexibility index (Phi) is 3.25. The van der Waals surface area contributed by atoms with Crippen LogP contribution in [0.2, 0.25) is 0 Å². The van der Waals surface area contributed by atoms with Crippen LogP contribution in [-0.4, -0.2) is 11.1 Å². The summed E-state index contributed by atoms with van der Waals surface area (Å²) in [5.74, 6) is 0. The number of aryl methyl sites for hydroxylation is 4. The first-order chi connectivity index (χ1) is 8.07. The number of rotatable bonds is 3. The molecule has 2 rings (SSSR count). The maximum absolute atomic E-state index is 5.63. The molecule has 2 nitrogen and oxygen atoms in total. The van der Waals surface area contributed by atoms with Crippen molar-refractivity contribution in [2.45, 2.75) is 40.7 Å². The van der Waals surface area contributed by atoms with Crippen LogP contribution in [-0.2, 0) is 6.54 Å². The van der Waals surface area contributed by atoms with Crippen LogP contribution in [0.1, 0.15) is 28.8 Å². The van der Waals surface area contributed by atoms with Crippen molar-refractivity contribution < 1.29 is 0 Å². The maximum Gasteiger partial charge on any atom is 0.0517 e. The van der Waals surface area contributed by atoms with Crippen molar-refractivity contribution >= 4 is 10.9 Å². The summed E-state index contributed by atoms with van der Waals surface area (Å²) in [5, 5.41) is 1.43. The Morgan fingerprint density at radius 3 is 2.35 bits per heavy atom. The van der Waals surface area contributed by atoms with Gasteiger partial charge in [0, 0.05) is 17.6 Å². The van der Waals surface area contributed by atoms with E-state index >= 15 is 0 Å². The van der Waals surface area contributed by atoms with Gasteiger partial charge in [-0.3, -0.25) is 0 Å². The van der Waals surface area contributed by atoms with E-state index in [0.29, 0.717) is 0 Å². The molecule has 92 valence electrons. The van der Waals surface area contributed by atoms with Crippen LogP contribution in [0, 0.1) is 27.7 Å². The Bertz CT molecular complexity index is 550. The highest BCUT2D eigenvalue weighted by atomic mass is 15.0. The molecule has 0 radical (unpaired) electrons. The number of fused-ring (bicyclic) bond motifs is 1. The Balaban J connectivity index is 2.74. The minimum atomic E-state index is 0.753. The fraction of sp³-hybridized carbons (Fsp3) is 0.467. The monoisotopic (exact) mass is 230 g/mol. The van der Waals surface area contributed by atoms with Crippen molar-refractivity contribution in [3.05, 3.63) is 34.5 Å². The van der Waals surface area contributed by atoms with Gasteiger partial charge in [-0.1, -0.05) is 12.1 Å². The zero-order chi connectivity index (χ0) is 12.6. The summed E-state index contributed by atoms with van der Waals surface area (Å²) in [6.07, 6.45) is 1.04. The maximum atomic E-state index is 5.63. The van der Waals surface area contributed by atoms with Gasteiger partial charge >= 0.3 is 0 Å². The van der Waals surface area contributed by atoms with Gasteiger partial charge in [0.05, 0.1) is 5.52 Å². The lowest BCUT2D eigenvalue weighted by Gasteiger charge is -2.09. The summed E-state index contributed by atoms with van der Waals surface area (Å²) < 4.78 is 2.43. The molecule has 0 atom stereocenters. The van der Waals surface area contributed by atoms with E-state index < -0.39 is 0 Å². The summed E-state index contributed by atoms with van der Waals surface area (Å²) in [6, 6.07) is 4.44. The molecule has 0 fully saturated rings. The molecule has 1 aromatic heterocycles. The minimum Gasteiger partial charge on any atom is -0.344 e.